The molecule has 3 rings (SSSR count). The van der Waals surface area contributed by atoms with Crippen LogP contribution in [-0.4, -0.2) is 33.0 Å². The molecule has 6 nitrogen and oxygen atoms in total. The SMILES string of the molecule is C=CCNC(=O)CSc1nnc(-c2ccc(Cl)cc2)n1Cc1ccco1. The van der Waals surface area contributed by atoms with E-state index in [9.17, 15) is 4.79 Å². The Kier molecular flexibility index (Phi) is 6.14. The summed E-state index contributed by atoms with van der Waals surface area (Å²) >= 11 is 7.29. The number of thioether (sulfide) groups is 1. The summed E-state index contributed by atoms with van der Waals surface area (Å²) in [6.45, 7) is 4.49. The second kappa shape index (κ2) is 8.73. The van der Waals surface area contributed by atoms with Gasteiger partial charge in [0.05, 0.1) is 18.6 Å². The molecule has 0 saturated heterocycles. The minimum Gasteiger partial charge on any atom is -0.467 e. The molecule has 0 bridgehead atoms. The number of hydrogen-bond donors (Lipinski definition) is 1. The number of benzene rings is 1. The normalized spacial score (nSPS) is 10.7. The molecule has 1 aromatic carbocycles. The van der Waals surface area contributed by atoms with Gasteiger partial charge in [-0.05, 0) is 36.4 Å². The first-order valence-corrected chi connectivity index (χ1v) is 9.25. The van der Waals surface area contributed by atoms with Crippen LogP contribution in [0.1, 0.15) is 5.76 Å². The van der Waals surface area contributed by atoms with Crippen LogP contribution < -0.4 is 5.32 Å². The van der Waals surface area contributed by atoms with E-state index >= 15 is 0 Å². The molecular formula is C18H17ClN4O2S. The van der Waals surface area contributed by atoms with E-state index in [0.29, 0.717) is 29.1 Å². The molecule has 0 aliphatic carbocycles. The van der Waals surface area contributed by atoms with Crippen molar-refractivity contribution < 1.29 is 9.21 Å². The Balaban J connectivity index is 1.85. The number of rotatable bonds is 8. The number of furan rings is 1. The summed E-state index contributed by atoms with van der Waals surface area (Å²) in [7, 11) is 0. The summed E-state index contributed by atoms with van der Waals surface area (Å²) in [5.41, 5.74) is 0.886. The van der Waals surface area contributed by atoms with Gasteiger partial charge in [-0.2, -0.15) is 0 Å². The van der Waals surface area contributed by atoms with E-state index in [1.54, 1.807) is 24.5 Å². The van der Waals surface area contributed by atoms with Gasteiger partial charge >= 0.3 is 0 Å². The van der Waals surface area contributed by atoms with E-state index in [1.807, 2.05) is 28.8 Å². The van der Waals surface area contributed by atoms with Crippen LogP contribution in [0, 0.1) is 0 Å². The van der Waals surface area contributed by atoms with Crippen molar-refractivity contribution in [2.45, 2.75) is 11.7 Å². The van der Waals surface area contributed by atoms with Crippen LogP contribution in [-0.2, 0) is 11.3 Å². The van der Waals surface area contributed by atoms with Crippen molar-refractivity contribution in [2.75, 3.05) is 12.3 Å². The van der Waals surface area contributed by atoms with Crippen LogP contribution in [0.4, 0.5) is 0 Å². The Hall–Kier alpha value is -2.51. The summed E-state index contributed by atoms with van der Waals surface area (Å²) in [5, 5.41) is 12.6. The van der Waals surface area contributed by atoms with Gasteiger partial charge in [0, 0.05) is 17.1 Å². The van der Waals surface area contributed by atoms with Crippen molar-refractivity contribution in [3.63, 3.8) is 0 Å². The highest BCUT2D eigenvalue weighted by molar-refractivity contribution is 7.99. The number of nitrogens with zero attached hydrogens (tertiary/aromatic N) is 3. The van der Waals surface area contributed by atoms with Crippen LogP contribution in [0.15, 0.2) is 64.9 Å². The molecule has 0 fully saturated rings. The second-order valence-corrected chi connectivity index (χ2v) is 6.74. The third-order valence-corrected chi connectivity index (χ3v) is 4.71. The Morgan fingerprint density at radius 1 is 1.31 bits per heavy atom. The molecule has 134 valence electrons. The molecule has 0 atom stereocenters. The largest absolute Gasteiger partial charge is 0.467 e. The fraction of sp³-hybridized carbons (Fsp3) is 0.167. The number of amides is 1. The van der Waals surface area contributed by atoms with Crippen molar-refractivity contribution in [1.29, 1.82) is 0 Å². The Bertz CT molecular complexity index is 875. The fourth-order valence-corrected chi connectivity index (χ4v) is 3.17. The first-order valence-electron chi connectivity index (χ1n) is 7.89. The lowest BCUT2D eigenvalue weighted by Crippen LogP contribution is -2.25. The van der Waals surface area contributed by atoms with Gasteiger partial charge < -0.3 is 9.73 Å². The maximum absolute atomic E-state index is 11.8. The van der Waals surface area contributed by atoms with E-state index in [1.165, 1.54) is 11.8 Å². The van der Waals surface area contributed by atoms with E-state index in [4.69, 9.17) is 16.0 Å². The number of carbonyl (C=O) groups excluding carboxylic acids is 1. The van der Waals surface area contributed by atoms with Crippen molar-refractivity contribution >= 4 is 29.3 Å². The van der Waals surface area contributed by atoms with Crippen LogP contribution in [0.5, 0.6) is 0 Å². The Morgan fingerprint density at radius 2 is 2.12 bits per heavy atom. The second-order valence-electron chi connectivity index (χ2n) is 5.36. The van der Waals surface area contributed by atoms with Crippen molar-refractivity contribution in [3.05, 3.63) is 66.1 Å². The smallest absolute Gasteiger partial charge is 0.230 e. The van der Waals surface area contributed by atoms with E-state index in [0.717, 1.165) is 11.3 Å². The molecule has 0 aliphatic heterocycles. The molecule has 0 aliphatic rings. The fourth-order valence-electron chi connectivity index (χ4n) is 2.28. The van der Waals surface area contributed by atoms with E-state index in [-0.39, 0.29) is 11.7 Å². The predicted molar refractivity (Wildman–Crippen MR) is 102 cm³/mol. The number of halogens is 1. The van der Waals surface area contributed by atoms with Gasteiger partial charge in [-0.1, -0.05) is 29.4 Å². The molecule has 1 N–H and O–H groups in total. The summed E-state index contributed by atoms with van der Waals surface area (Å²) in [4.78, 5) is 11.8. The molecule has 8 heteroatoms. The van der Waals surface area contributed by atoms with Gasteiger partial charge in [0.1, 0.15) is 5.76 Å². The first kappa shape index (κ1) is 18.3. The van der Waals surface area contributed by atoms with Gasteiger partial charge in [0.15, 0.2) is 11.0 Å². The minimum atomic E-state index is -0.0875. The third-order valence-electron chi connectivity index (χ3n) is 3.49. The summed E-state index contributed by atoms with van der Waals surface area (Å²) in [5.74, 6) is 1.62. The molecule has 0 radical (unpaired) electrons. The zero-order valence-corrected chi connectivity index (χ0v) is 15.5. The molecule has 3 aromatic rings. The lowest BCUT2D eigenvalue weighted by atomic mass is 10.2. The highest BCUT2D eigenvalue weighted by Gasteiger charge is 2.17. The minimum absolute atomic E-state index is 0.0875. The molecule has 2 aromatic heterocycles. The molecule has 0 unspecified atom stereocenters. The molecule has 1 amide bonds. The summed E-state index contributed by atoms with van der Waals surface area (Å²) in [6.07, 6.45) is 3.26. The molecule has 26 heavy (non-hydrogen) atoms. The average molecular weight is 389 g/mol. The van der Waals surface area contributed by atoms with E-state index in [2.05, 4.69) is 22.1 Å². The number of aromatic nitrogens is 3. The molecule has 0 spiro atoms. The zero-order valence-electron chi connectivity index (χ0n) is 13.9. The van der Waals surface area contributed by atoms with Crippen LogP contribution in [0.25, 0.3) is 11.4 Å². The van der Waals surface area contributed by atoms with Gasteiger partial charge in [0.2, 0.25) is 5.91 Å². The molecular weight excluding hydrogens is 372 g/mol. The third kappa shape index (κ3) is 4.56. The topological polar surface area (TPSA) is 73.0 Å². The summed E-state index contributed by atoms with van der Waals surface area (Å²) < 4.78 is 7.38. The average Bonchev–Trinajstić information content (AvgIpc) is 3.29. The van der Waals surface area contributed by atoms with E-state index < -0.39 is 0 Å². The van der Waals surface area contributed by atoms with Crippen LogP contribution in [0.2, 0.25) is 5.02 Å². The zero-order chi connectivity index (χ0) is 18.4. The van der Waals surface area contributed by atoms with Gasteiger partial charge in [-0.3, -0.25) is 9.36 Å². The Labute approximate surface area is 160 Å². The molecule has 2 heterocycles. The highest BCUT2D eigenvalue weighted by atomic mass is 35.5. The van der Waals surface area contributed by atoms with Gasteiger partial charge in [0.25, 0.3) is 0 Å². The maximum Gasteiger partial charge on any atom is 0.230 e. The van der Waals surface area contributed by atoms with Gasteiger partial charge in [-0.25, -0.2) is 0 Å². The van der Waals surface area contributed by atoms with Crippen LogP contribution in [0.3, 0.4) is 0 Å². The van der Waals surface area contributed by atoms with Gasteiger partial charge in [-0.15, -0.1) is 16.8 Å². The highest BCUT2D eigenvalue weighted by Crippen LogP contribution is 2.26. The lowest BCUT2D eigenvalue weighted by Gasteiger charge is -2.09. The van der Waals surface area contributed by atoms with Crippen LogP contribution >= 0.6 is 23.4 Å². The molecule has 0 saturated carbocycles. The predicted octanol–water partition coefficient (Wildman–Crippen LogP) is 3.63. The lowest BCUT2D eigenvalue weighted by molar-refractivity contribution is -0.118. The van der Waals surface area contributed by atoms with Crippen molar-refractivity contribution in [2.24, 2.45) is 0 Å². The standard InChI is InChI=1S/C18H17ClN4O2S/c1-2-9-20-16(24)12-26-18-22-21-17(13-5-7-14(19)8-6-13)23(18)11-15-4-3-10-25-15/h2-8,10H,1,9,11-12H2,(H,20,24). The van der Waals surface area contributed by atoms with Crippen molar-refractivity contribution in [3.8, 4) is 11.4 Å². The first-order chi connectivity index (χ1) is 12.7. The monoisotopic (exact) mass is 388 g/mol. The maximum atomic E-state index is 11.8. The van der Waals surface area contributed by atoms with Crippen molar-refractivity contribution in [1.82, 2.24) is 20.1 Å². The number of hydrogen-bond acceptors (Lipinski definition) is 5. The Morgan fingerprint density at radius 3 is 2.81 bits per heavy atom. The number of nitrogens with one attached hydrogen (secondary N) is 1. The quantitative estimate of drug-likeness (QED) is 0.471. The summed E-state index contributed by atoms with van der Waals surface area (Å²) in [6, 6.07) is 11.1. The number of carbonyl (C=O) groups is 1.